The van der Waals surface area contributed by atoms with Gasteiger partial charge >= 0.3 is 0 Å². The Labute approximate surface area is 202 Å². The molecule has 1 aromatic heterocycles. The first-order chi connectivity index (χ1) is 16.6. The molecule has 34 heavy (non-hydrogen) atoms. The Balaban J connectivity index is 1.36. The van der Waals surface area contributed by atoms with Crippen LogP contribution in [-0.2, 0) is 11.4 Å². The fourth-order valence-corrected chi connectivity index (χ4v) is 3.91. The topological polar surface area (TPSA) is 69.7 Å². The summed E-state index contributed by atoms with van der Waals surface area (Å²) in [4.78, 5) is 16.9. The van der Waals surface area contributed by atoms with Gasteiger partial charge in [-0.25, -0.2) is 4.98 Å². The van der Waals surface area contributed by atoms with E-state index in [0.29, 0.717) is 23.2 Å². The zero-order chi connectivity index (χ0) is 23.8. The number of ether oxygens (including phenoxy) is 3. The highest BCUT2D eigenvalue weighted by atomic mass is 32.1. The summed E-state index contributed by atoms with van der Waals surface area (Å²) in [5.41, 5.74) is 3.64. The summed E-state index contributed by atoms with van der Waals surface area (Å²) in [5, 5.41) is 5.24. The highest BCUT2D eigenvalue weighted by Gasteiger charge is 2.08. The first-order valence-corrected chi connectivity index (χ1v) is 11.5. The van der Waals surface area contributed by atoms with Gasteiger partial charge in [0.15, 0.2) is 16.6 Å². The second-order valence-corrected chi connectivity index (χ2v) is 8.13. The van der Waals surface area contributed by atoms with E-state index in [4.69, 9.17) is 14.2 Å². The SMILES string of the molecule is COc1ccc(-c2csc(NC(=O)/C=C\c3ccc(OCc4ccccc4)c(OC)c3)n2)cc1. The number of carbonyl (C=O) groups is 1. The van der Waals surface area contributed by atoms with E-state index in [1.54, 1.807) is 20.3 Å². The lowest BCUT2D eigenvalue weighted by Crippen LogP contribution is -2.07. The number of methoxy groups -OCH3 is 2. The quantitative estimate of drug-likeness (QED) is 0.300. The Kier molecular flexibility index (Phi) is 7.57. The van der Waals surface area contributed by atoms with Crippen LogP contribution in [0.3, 0.4) is 0 Å². The second kappa shape index (κ2) is 11.2. The van der Waals surface area contributed by atoms with Crippen LogP contribution in [0.4, 0.5) is 5.13 Å². The van der Waals surface area contributed by atoms with Crippen LogP contribution < -0.4 is 19.5 Å². The average molecular weight is 473 g/mol. The van der Waals surface area contributed by atoms with Crippen LogP contribution in [0.25, 0.3) is 17.3 Å². The summed E-state index contributed by atoms with van der Waals surface area (Å²) in [6, 6.07) is 23.1. The van der Waals surface area contributed by atoms with E-state index >= 15 is 0 Å². The standard InChI is InChI=1S/C27H24N2O4S/c1-31-22-12-10-21(11-13-22)23-18-34-27(28-23)29-26(30)15-9-19-8-14-24(25(16-19)32-2)33-17-20-6-4-3-5-7-20/h3-16,18H,17H2,1-2H3,(H,28,29,30)/b15-9-. The monoisotopic (exact) mass is 472 g/mol. The number of amides is 1. The summed E-state index contributed by atoms with van der Waals surface area (Å²) >= 11 is 1.37. The first kappa shape index (κ1) is 23.1. The smallest absolute Gasteiger partial charge is 0.250 e. The third-order valence-electron chi connectivity index (χ3n) is 4.97. The average Bonchev–Trinajstić information content (AvgIpc) is 3.35. The number of nitrogens with zero attached hydrogens (tertiary/aromatic N) is 1. The summed E-state index contributed by atoms with van der Waals surface area (Å²) in [6.45, 7) is 0.446. The molecule has 0 unspecified atom stereocenters. The van der Waals surface area contributed by atoms with Crippen molar-refractivity contribution in [2.24, 2.45) is 0 Å². The van der Waals surface area contributed by atoms with E-state index in [2.05, 4.69) is 10.3 Å². The Bertz CT molecular complexity index is 1270. The molecule has 0 atom stereocenters. The lowest BCUT2D eigenvalue weighted by atomic mass is 10.2. The molecule has 6 nitrogen and oxygen atoms in total. The van der Waals surface area contributed by atoms with Crippen molar-refractivity contribution in [3.05, 3.63) is 95.4 Å². The molecule has 4 aromatic rings. The molecule has 1 heterocycles. The number of thiazole rings is 1. The lowest BCUT2D eigenvalue weighted by molar-refractivity contribution is -0.111. The molecule has 0 aliphatic heterocycles. The molecule has 1 N–H and O–H groups in total. The summed E-state index contributed by atoms with van der Waals surface area (Å²) in [7, 11) is 3.22. The molecule has 0 saturated carbocycles. The van der Waals surface area contributed by atoms with Crippen LogP contribution >= 0.6 is 11.3 Å². The highest BCUT2D eigenvalue weighted by molar-refractivity contribution is 7.14. The highest BCUT2D eigenvalue weighted by Crippen LogP contribution is 2.30. The maximum absolute atomic E-state index is 12.4. The molecule has 0 spiro atoms. The van der Waals surface area contributed by atoms with Crippen molar-refractivity contribution in [2.45, 2.75) is 6.61 Å². The molecule has 172 valence electrons. The molecule has 0 bridgehead atoms. The molecule has 0 saturated heterocycles. The third kappa shape index (κ3) is 6.02. The van der Waals surface area contributed by atoms with Gasteiger partial charge in [0.05, 0.1) is 19.9 Å². The number of anilines is 1. The maximum atomic E-state index is 12.4. The molecule has 7 heteroatoms. The van der Waals surface area contributed by atoms with Gasteiger partial charge in [-0.15, -0.1) is 11.3 Å². The van der Waals surface area contributed by atoms with Crippen molar-refractivity contribution < 1.29 is 19.0 Å². The molecule has 3 aromatic carbocycles. The molecular formula is C27H24N2O4S. The van der Waals surface area contributed by atoms with Gasteiger partial charge in [0.2, 0.25) is 5.91 Å². The number of carbonyl (C=O) groups excluding carboxylic acids is 1. The normalized spacial score (nSPS) is 10.8. The van der Waals surface area contributed by atoms with Gasteiger partial charge in [0.25, 0.3) is 0 Å². The van der Waals surface area contributed by atoms with Crippen molar-refractivity contribution >= 4 is 28.5 Å². The van der Waals surface area contributed by atoms with E-state index in [0.717, 1.165) is 28.1 Å². The Morgan fingerprint density at radius 2 is 1.76 bits per heavy atom. The van der Waals surface area contributed by atoms with E-state index in [9.17, 15) is 4.79 Å². The summed E-state index contributed by atoms with van der Waals surface area (Å²) in [5.74, 6) is 1.76. The van der Waals surface area contributed by atoms with E-state index in [1.807, 2.05) is 78.2 Å². The van der Waals surface area contributed by atoms with Gasteiger partial charge in [0.1, 0.15) is 12.4 Å². The minimum atomic E-state index is -0.265. The van der Waals surface area contributed by atoms with Crippen LogP contribution in [-0.4, -0.2) is 25.1 Å². The number of rotatable bonds is 9. The third-order valence-corrected chi connectivity index (χ3v) is 5.73. The van der Waals surface area contributed by atoms with Gasteiger partial charge in [-0.05, 0) is 53.6 Å². The van der Waals surface area contributed by atoms with Crippen molar-refractivity contribution in [2.75, 3.05) is 19.5 Å². The Hall–Kier alpha value is -4.10. The maximum Gasteiger partial charge on any atom is 0.250 e. The fourth-order valence-electron chi connectivity index (χ4n) is 3.19. The van der Waals surface area contributed by atoms with E-state index < -0.39 is 0 Å². The molecule has 0 aliphatic rings. The van der Waals surface area contributed by atoms with E-state index in [1.165, 1.54) is 17.4 Å². The Morgan fingerprint density at radius 3 is 2.50 bits per heavy atom. The second-order valence-electron chi connectivity index (χ2n) is 7.27. The predicted molar refractivity (Wildman–Crippen MR) is 136 cm³/mol. The minimum Gasteiger partial charge on any atom is -0.497 e. The molecule has 0 radical (unpaired) electrons. The summed E-state index contributed by atoms with van der Waals surface area (Å²) in [6.07, 6.45) is 3.19. The van der Waals surface area contributed by atoms with Crippen molar-refractivity contribution in [1.29, 1.82) is 0 Å². The summed E-state index contributed by atoms with van der Waals surface area (Å²) < 4.78 is 16.5. The number of hydrogen-bond acceptors (Lipinski definition) is 6. The minimum absolute atomic E-state index is 0.265. The van der Waals surface area contributed by atoms with Crippen molar-refractivity contribution in [1.82, 2.24) is 4.98 Å². The molecule has 0 fully saturated rings. The lowest BCUT2D eigenvalue weighted by Gasteiger charge is -2.11. The van der Waals surface area contributed by atoms with Crippen LogP contribution in [0.1, 0.15) is 11.1 Å². The zero-order valence-corrected chi connectivity index (χ0v) is 19.7. The van der Waals surface area contributed by atoms with Crippen LogP contribution in [0.2, 0.25) is 0 Å². The predicted octanol–water partition coefficient (Wildman–Crippen LogP) is 6.06. The number of hydrogen-bond donors (Lipinski definition) is 1. The van der Waals surface area contributed by atoms with Crippen LogP contribution in [0, 0.1) is 0 Å². The fraction of sp³-hybridized carbons (Fsp3) is 0.111. The zero-order valence-electron chi connectivity index (χ0n) is 18.9. The van der Waals surface area contributed by atoms with Crippen molar-refractivity contribution in [3.8, 4) is 28.5 Å². The number of nitrogens with one attached hydrogen (secondary N) is 1. The van der Waals surface area contributed by atoms with Gasteiger partial charge in [-0.3, -0.25) is 10.1 Å². The van der Waals surface area contributed by atoms with E-state index in [-0.39, 0.29) is 5.91 Å². The number of aromatic nitrogens is 1. The molecule has 1 amide bonds. The van der Waals surface area contributed by atoms with Gasteiger partial charge in [-0.2, -0.15) is 0 Å². The molecular weight excluding hydrogens is 448 g/mol. The van der Waals surface area contributed by atoms with Gasteiger partial charge in [0, 0.05) is 17.0 Å². The van der Waals surface area contributed by atoms with Gasteiger partial charge < -0.3 is 14.2 Å². The van der Waals surface area contributed by atoms with Gasteiger partial charge in [-0.1, -0.05) is 36.4 Å². The van der Waals surface area contributed by atoms with Crippen molar-refractivity contribution in [3.63, 3.8) is 0 Å². The first-order valence-electron chi connectivity index (χ1n) is 10.6. The Morgan fingerprint density at radius 1 is 0.971 bits per heavy atom. The van der Waals surface area contributed by atoms with Crippen LogP contribution in [0.5, 0.6) is 17.2 Å². The molecule has 0 aliphatic carbocycles. The largest absolute Gasteiger partial charge is 0.497 e. The van der Waals surface area contributed by atoms with Crippen LogP contribution in [0.15, 0.2) is 84.3 Å². The molecule has 4 rings (SSSR count). The number of benzene rings is 3.